The summed E-state index contributed by atoms with van der Waals surface area (Å²) < 4.78 is 31.3. The highest BCUT2D eigenvalue weighted by atomic mass is 32.2. The van der Waals surface area contributed by atoms with Crippen LogP contribution in [-0.4, -0.2) is 31.9 Å². The fourth-order valence-corrected chi connectivity index (χ4v) is 3.69. The second-order valence-corrected chi connectivity index (χ2v) is 7.60. The van der Waals surface area contributed by atoms with E-state index >= 15 is 0 Å². The molecule has 0 aliphatic heterocycles. The molecule has 0 bridgehead atoms. The molecule has 0 unspecified atom stereocenters. The van der Waals surface area contributed by atoms with Gasteiger partial charge in [-0.15, -0.1) is 11.3 Å². The number of aromatic nitrogens is 1. The lowest BCUT2D eigenvalue weighted by Crippen LogP contribution is -2.27. The number of methoxy groups -OCH3 is 1. The average Bonchev–Trinajstić information content (AvgIpc) is 2.83. The summed E-state index contributed by atoms with van der Waals surface area (Å²) in [5.41, 5.74) is 6.70. The Morgan fingerprint density at radius 2 is 2.14 bits per heavy atom. The van der Waals surface area contributed by atoms with Crippen LogP contribution in [0.4, 0.5) is 5.69 Å². The topological polar surface area (TPSA) is 85.5 Å². The zero-order chi connectivity index (χ0) is 15.6. The van der Waals surface area contributed by atoms with Gasteiger partial charge in [0.25, 0.3) is 0 Å². The minimum absolute atomic E-state index is 0.0674. The Kier molecular flexibility index (Phi) is 4.50. The van der Waals surface area contributed by atoms with Gasteiger partial charge in [0.05, 0.1) is 30.0 Å². The van der Waals surface area contributed by atoms with E-state index in [4.69, 9.17) is 10.5 Å². The van der Waals surface area contributed by atoms with Crippen LogP contribution in [-0.2, 0) is 16.6 Å². The molecular weight excluding hydrogens is 310 g/mol. The van der Waals surface area contributed by atoms with Crippen LogP contribution in [0.1, 0.15) is 10.7 Å². The SMILES string of the molecule is COc1ccc(S(=O)(=O)N(C)Cc2csc(C)n2)c(N)c1. The molecule has 0 aliphatic rings. The molecule has 0 atom stereocenters. The predicted molar refractivity (Wildman–Crippen MR) is 82.9 cm³/mol. The molecule has 114 valence electrons. The van der Waals surface area contributed by atoms with Crippen molar-refractivity contribution in [3.05, 3.63) is 34.3 Å². The molecule has 2 aromatic rings. The van der Waals surface area contributed by atoms with Crippen LogP contribution in [0.25, 0.3) is 0 Å². The van der Waals surface area contributed by atoms with Gasteiger partial charge in [0.1, 0.15) is 10.6 Å². The third kappa shape index (κ3) is 3.34. The summed E-state index contributed by atoms with van der Waals surface area (Å²) in [5.74, 6) is 0.518. The molecule has 21 heavy (non-hydrogen) atoms. The van der Waals surface area contributed by atoms with Gasteiger partial charge in [0, 0.05) is 18.5 Å². The summed E-state index contributed by atoms with van der Waals surface area (Å²) in [4.78, 5) is 4.34. The molecule has 1 aromatic heterocycles. The number of thiazole rings is 1. The van der Waals surface area contributed by atoms with E-state index in [1.807, 2.05) is 12.3 Å². The number of hydrogen-bond acceptors (Lipinski definition) is 6. The fourth-order valence-electron chi connectivity index (χ4n) is 1.85. The van der Waals surface area contributed by atoms with Crippen molar-refractivity contribution >= 4 is 27.0 Å². The fraction of sp³-hybridized carbons (Fsp3) is 0.308. The van der Waals surface area contributed by atoms with E-state index in [0.29, 0.717) is 5.75 Å². The first-order chi connectivity index (χ1) is 9.84. The van der Waals surface area contributed by atoms with Crippen LogP contribution in [0.3, 0.4) is 0 Å². The first kappa shape index (κ1) is 15.7. The van der Waals surface area contributed by atoms with Gasteiger partial charge >= 0.3 is 0 Å². The number of aryl methyl sites for hydroxylation is 1. The number of rotatable bonds is 5. The van der Waals surface area contributed by atoms with Gasteiger partial charge in [0.15, 0.2) is 0 Å². The van der Waals surface area contributed by atoms with Crippen molar-refractivity contribution in [3.63, 3.8) is 0 Å². The first-order valence-corrected chi connectivity index (χ1v) is 8.47. The molecule has 0 saturated carbocycles. The van der Waals surface area contributed by atoms with Gasteiger partial charge < -0.3 is 10.5 Å². The predicted octanol–water partition coefficient (Wildman–Crippen LogP) is 1.86. The number of nitrogens with zero attached hydrogens (tertiary/aromatic N) is 2. The van der Waals surface area contributed by atoms with Crippen LogP contribution >= 0.6 is 11.3 Å². The molecule has 8 heteroatoms. The molecule has 0 fully saturated rings. The summed E-state index contributed by atoms with van der Waals surface area (Å²) >= 11 is 1.49. The maximum Gasteiger partial charge on any atom is 0.245 e. The van der Waals surface area contributed by atoms with E-state index in [1.165, 1.54) is 41.9 Å². The van der Waals surface area contributed by atoms with E-state index in [1.54, 1.807) is 6.07 Å². The molecule has 1 heterocycles. The lowest BCUT2D eigenvalue weighted by atomic mass is 10.3. The maximum absolute atomic E-state index is 12.5. The Balaban J connectivity index is 2.28. The Morgan fingerprint density at radius 1 is 1.43 bits per heavy atom. The van der Waals surface area contributed by atoms with E-state index in [2.05, 4.69) is 4.98 Å². The van der Waals surface area contributed by atoms with Crippen molar-refractivity contribution in [2.45, 2.75) is 18.4 Å². The zero-order valence-corrected chi connectivity index (χ0v) is 13.7. The average molecular weight is 327 g/mol. The number of ether oxygens (including phenoxy) is 1. The number of hydrogen-bond donors (Lipinski definition) is 1. The van der Waals surface area contributed by atoms with Gasteiger partial charge in [-0.3, -0.25) is 0 Å². The quantitative estimate of drug-likeness (QED) is 0.847. The standard InChI is InChI=1S/C13H17N3O3S2/c1-9-15-10(8-20-9)7-16(2)21(17,18)13-5-4-11(19-3)6-12(13)14/h4-6,8H,7,14H2,1-3H3. The number of anilines is 1. The second-order valence-electron chi connectivity index (χ2n) is 4.52. The summed E-state index contributed by atoms with van der Waals surface area (Å²) in [6.07, 6.45) is 0. The number of sulfonamides is 1. The molecule has 0 radical (unpaired) electrons. The Morgan fingerprint density at radius 3 is 2.67 bits per heavy atom. The van der Waals surface area contributed by atoms with E-state index in [-0.39, 0.29) is 17.1 Å². The summed E-state index contributed by atoms with van der Waals surface area (Å²) in [6, 6.07) is 4.52. The lowest BCUT2D eigenvalue weighted by molar-refractivity contribution is 0.414. The smallest absolute Gasteiger partial charge is 0.245 e. The highest BCUT2D eigenvalue weighted by molar-refractivity contribution is 7.89. The molecule has 0 spiro atoms. The molecule has 2 N–H and O–H groups in total. The van der Waals surface area contributed by atoms with Gasteiger partial charge in [-0.05, 0) is 19.1 Å². The van der Waals surface area contributed by atoms with E-state index < -0.39 is 10.0 Å². The zero-order valence-electron chi connectivity index (χ0n) is 12.0. The van der Waals surface area contributed by atoms with Crippen molar-refractivity contribution in [1.82, 2.24) is 9.29 Å². The van der Waals surface area contributed by atoms with Crippen molar-refractivity contribution in [2.75, 3.05) is 19.9 Å². The molecule has 2 rings (SSSR count). The van der Waals surface area contributed by atoms with Crippen LogP contribution in [0, 0.1) is 6.92 Å². The minimum Gasteiger partial charge on any atom is -0.497 e. The van der Waals surface area contributed by atoms with Gasteiger partial charge in [-0.1, -0.05) is 0 Å². The highest BCUT2D eigenvalue weighted by Crippen LogP contribution is 2.26. The number of nitrogen functional groups attached to an aromatic ring is 1. The molecule has 0 saturated heterocycles. The van der Waals surface area contributed by atoms with E-state index in [9.17, 15) is 8.42 Å². The molecule has 1 aromatic carbocycles. The Bertz CT molecular complexity index is 741. The van der Waals surface area contributed by atoms with Gasteiger partial charge in [0.2, 0.25) is 10.0 Å². The van der Waals surface area contributed by atoms with Crippen molar-refractivity contribution < 1.29 is 13.2 Å². The van der Waals surface area contributed by atoms with Crippen molar-refractivity contribution in [2.24, 2.45) is 0 Å². The second kappa shape index (κ2) is 6.00. The van der Waals surface area contributed by atoms with E-state index in [0.717, 1.165) is 10.7 Å². The lowest BCUT2D eigenvalue weighted by Gasteiger charge is -2.17. The molecular formula is C13H17N3O3S2. The molecule has 0 aliphatic carbocycles. The third-order valence-electron chi connectivity index (χ3n) is 2.96. The minimum atomic E-state index is -3.67. The van der Waals surface area contributed by atoms with Crippen LogP contribution in [0.2, 0.25) is 0 Å². The van der Waals surface area contributed by atoms with Crippen LogP contribution in [0.5, 0.6) is 5.75 Å². The third-order valence-corrected chi connectivity index (χ3v) is 5.66. The monoisotopic (exact) mass is 327 g/mol. The van der Waals surface area contributed by atoms with Crippen LogP contribution < -0.4 is 10.5 Å². The van der Waals surface area contributed by atoms with Crippen molar-refractivity contribution in [1.29, 1.82) is 0 Å². The van der Waals surface area contributed by atoms with Gasteiger partial charge in [-0.25, -0.2) is 13.4 Å². The number of nitrogens with two attached hydrogens (primary N) is 1. The maximum atomic E-state index is 12.5. The normalized spacial score (nSPS) is 11.8. The van der Waals surface area contributed by atoms with Gasteiger partial charge in [-0.2, -0.15) is 4.31 Å². The summed E-state index contributed by atoms with van der Waals surface area (Å²) in [6.45, 7) is 2.09. The molecule has 6 nitrogen and oxygen atoms in total. The summed E-state index contributed by atoms with van der Waals surface area (Å²) in [5, 5.41) is 2.75. The number of benzene rings is 1. The largest absolute Gasteiger partial charge is 0.497 e. The van der Waals surface area contributed by atoms with Crippen LogP contribution in [0.15, 0.2) is 28.5 Å². The van der Waals surface area contributed by atoms with Crippen molar-refractivity contribution in [3.8, 4) is 5.75 Å². The first-order valence-electron chi connectivity index (χ1n) is 6.15. The Hall–Kier alpha value is -1.64. The summed E-state index contributed by atoms with van der Waals surface area (Å²) in [7, 11) is -0.659. The highest BCUT2D eigenvalue weighted by Gasteiger charge is 2.24. The molecule has 0 amide bonds. The Labute approximate surface area is 128 Å².